The van der Waals surface area contributed by atoms with Crippen LogP contribution in [0, 0.1) is 5.92 Å². The fourth-order valence-corrected chi connectivity index (χ4v) is 3.77. The lowest BCUT2D eigenvalue weighted by Crippen LogP contribution is -2.36. The highest BCUT2D eigenvalue weighted by atomic mass is 35.5. The first kappa shape index (κ1) is 12.8. The van der Waals surface area contributed by atoms with Crippen LogP contribution >= 0.6 is 11.6 Å². The Balaban J connectivity index is 2.19. The van der Waals surface area contributed by atoms with Gasteiger partial charge in [-0.1, -0.05) is 24.9 Å². The Bertz CT molecular complexity index is 504. The van der Waals surface area contributed by atoms with E-state index in [0.717, 1.165) is 19.3 Å². The van der Waals surface area contributed by atoms with Gasteiger partial charge in [0, 0.05) is 12.2 Å². The van der Waals surface area contributed by atoms with Gasteiger partial charge < -0.3 is 0 Å². The van der Waals surface area contributed by atoms with E-state index in [1.54, 1.807) is 0 Å². The molecule has 4 nitrogen and oxygen atoms in total. The molecule has 17 heavy (non-hydrogen) atoms. The Morgan fingerprint density at radius 1 is 1.47 bits per heavy atom. The second kappa shape index (κ2) is 4.92. The number of rotatable bonds is 3. The topological polar surface area (TPSA) is 59.1 Å². The Kier molecular flexibility index (Phi) is 3.70. The van der Waals surface area contributed by atoms with E-state index >= 15 is 0 Å². The molecule has 1 aliphatic rings. The normalized spacial score (nSPS) is 25.1. The van der Waals surface area contributed by atoms with Crippen LogP contribution in [0.25, 0.3) is 0 Å². The minimum Gasteiger partial charge on any atom is -0.244 e. The van der Waals surface area contributed by atoms with E-state index in [-0.39, 0.29) is 16.1 Å². The SMILES string of the molecule is CC1CCCC1NS(=O)(=O)c1ccnc(Cl)c1. The number of pyridine rings is 1. The molecule has 0 radical (unpaired) electrons. The molecule has 1 saturated carbocycles. The quantitative estimate of drug-likeness (QED) is 0.860. The summed E-state index contributed by atoms with van der Waals surface area (Å²) in [5, 5.41) is 0.187. The van der Waals surface area contributed by atoms with Gasteiger partial charge in [-0.25, -0.2) is 18.1 Å². The number of hydrogen-bond donors (Lipinski definition) is 1. The molecule has 1 aliphatic carbocycles. The summed E-state index contributed by atoms with van der Waals surface area (Å²) in [7, 11) is -3.47. The van der Waals surface area contributed by atoms with Crippen molar-refractivity contribution >= 4 is 21.6 Å². The third-order valence-electron chi connectivity index (χ3n) is 3.18. The van der Waals surface area contributed by atoms with Crippen molar-refractivity contribution in [2.75, 3.05) is 0 Å². The van der Waals surface area contributed by atoms with Crippen molar-refractivity contribution in [1.82, 2.24) is 9.71 Å². The molecule has 1 heterocycles. The zero-order valence-electron chi connectivity index (χ0n) is 9.56. The van der Waals surface area contributed by atoms with Gasteiger partial charge >= 0.3 is 0 Å². The first-order valence-electron chi connectivity index (χ1n) is 5.63. The molecule has 0 aromatic carbocycles. The average molecular weight is 275 g/mol. The lowest BCUT2D eigenvalue weighted by Gasteiger charge is -2.17. The summed E-state index contributed by atoms with van der Waals surface area (Å²) in [4.78, 5) is 3.95. The van der Waals surface area contributed by atoms with Crippen LogP contribution in [0.3, 0.4) is 0 Å². The van der Waals surface area contributed by atoms with E-state index in [4.69, 9.17) is 11.6 Å². The average Bonchev–Trinajstić information content (AvgIpc) is 2.64. The molecule has 0 saturated heterocycles. The summed E-state index contributed by atoms with van der Waals surface area (Å²) in [6.45, 7) is 2.07. The number of hydrogen-bond acceptors (Lipinski definition) is 3. The maximum Gasteiger partial charge on any atom is 0.240 e. The predicted octanol–water partition coefficient (Wildman–Crippen LogP) is 2.20. The molecular formula is C11H15ClN2O2S. The zero-order valence-corrected chi connectivity index (χ0v) is 11.1. The van der Waals surface area contributed by atoms with Gasteiger partial charge in [0.15, 0.2) is 0 Å². The lowest BCUT2D eigenvalue weighted by molar-refractivity contribution is 0.476. The summed E-state index contributed by atoms with van der Waals surface area (Å²) < 4.78 is 26.9. The molecule has 2 unspecified atom stereocenters. The molecule has 94 valence electrons. The van der Waals surface area contributed by atoms with Crippen LogP contribution in [0.15, 0.2) is 23.2 Å². The third kappa shape index (κ3) is 2.97. The van der Waals surface area contributed by atoms with Crippen LogP contribution in [-0.2, 0) is 10.0 Å². The van der Waals surface area contributed by atoms with Crippen LogP contribution < -0.4 is 4.72 Å². The largest absolute Gasteiger partial charge is 0.244 e. The van der Waals surface area contributed by atoms with Gasteiger partial charge in [-0.05, 0) is 30.9 Å². The van der Waals surface area contributed by atoms with E-state index in [9.17, 15) is 8.42 Å². The smallest absolute Gasteiger partial charge is 0.240 e. The number of sulfonamides is 1. The molecule has 0 bridgehead atoms. The van der Waals surface area contributed by atoms with Crippen LogP contribution in [-0.4, -0.2) is 19.4 Å². The van der Waals surface area contributed by atoms with E-state index in [1.165, 1.54) is 18.3 Å². The van der Waals surface area contributed by atoms with Gasteiger partial charge in [0.05, 0.1) is 4.90 Å². The van der Waals surface area contributed by atoms with E-state index < -0.39 is 10.0 Å². The van der Waals surface area contributed by atoms with Crippen LogP contribution in [0.1, 0.15) is 26.2 Å². The minimum absolute atomic E-state index is 0.0342. The number of halogens is 1. The Morgan fingerprint density at radius 2 is 2.24 bits per heavy atom. The standard InChI is InChI=1S/C11H15ClN2O2S/c1-8-3-2-4-10(8)14-17(15,16)9-5-6-13-11(12)7-9/h5-8,10,14H,2-4H2,1H3. The fourth-order valence-electron chi connectivity index (χ4n) is 2.14. The maximum absolute atomic E-state index is 12.1. The first-order chi connectivity index (χ1) is 7.99. The molecule has 2 rings (SSSR count). The first-order valence-corrected chi connectivity index (χ1v) is 7.49. The summed E-state index contributed by atoms with van der Waals surface area (Å²) in [5.74, 6) is 0.391. The van der Waals surface area contributed by atoms with E-state index in [2.05, 4.69) is 16.6 Å². The van der Waals surface area contributed by atoms with Crippen LogP contribution in [0.4, 0.5) is 0 Å². The number of aromatic nitrogens is 1. The zero-order chi connectivity index (χ0) is 12.5. The van der Waals surface area contributed by atoms with Crippen molar-refractivity contribution in [3.05, 3.63) is 23.5 Å². The van der Waals surface area contributed by atoms with E-state index in [1.807, 2.05) is 0 Å². The summed E-state index contributed by atoms with van der Waals surface area (Å²) in [6.07, 6.45) is 4.45. The second-order valence-corrected chi connectivity index (χ2v) is 6.55. The highest BCUT2D eigenvalue weighted by Gasteiger charge is 2.28. The lowest BCUT2D eigenvalue weighted by atomic mass is 10.1. The van der Waals surface area contributed by atoms with Crippen molar-refractivity contribution in [2.45, 2.75) is 37.1 Å². The van der Waals surface area contributed by atoms with Crippen molar-refractivity contribution < 1.29 is 8.42 Å². The summed E-state index contributed by atoms with van der Waals surface area (Å²) in [6, 6.07) is 2.85. The molecular weight excluding hydrogens is 260 g/mol. The van der Waals surface area contributed by atoms with Gasteiger partial charge in [0.1, 0.15) is 5.15 Å². The van der Waals surface area contributed by atoms with Gasteiger partial charge in [-0.2, -0.15) is 0 Å². The highest BCUT2D eigenvalue weighted by molar-refractivity contribution is 7.89. The molecule has 0 aliphatic heterocycles. The van der Waals surface area contributed by atoms with Gasteiger partial charge in [-0.3, -0.25) is 0 Å². The minimum atomic E-state index is -3.47. The van der Waals surface area contributed by atoms with E-state index in [0.29, 0.717) is 5.92 Å². The maximum atomic E-state index is 12.1. The van der Waals surface area contributed by atoms with Crippen molar-refractivity contribution in [1.29, 1.82) is 0 Å². The Labute approximate surface area is 106 Å². The van der Waals surface area contributed by atoms with Crippen LogP contribution in [0.5, 0.6) is 0 Å². The molecule has 2 atom stereocenters. The Hall–Kier alpha value is -0.650. The van der Waals surface area contributed by atoms with Gasteiger partial charge in [0.2, 0.25) is 10.0 Å². The van der Waals surface area contributed by atoms with Crippen molar-refractivity contribution in [3.63, 3.8) is 0 Å². The molecule has 0 amide bonds. The highest BCUT2D eigenvalue weighted by Crippen LogP contribution is 2.26. The molecule has 1 N–H and O–H groups in total. The summed E-state index contributed by atoms with van der Waals surface area (Å²) in [5.41, 5.74) is 0. The fraction of sp³-hybridized carbons (Fsp3) is 0.545. The van der Waals surface area contributed by atoms with Crippen molar-refractivity contribution in [2.24, 2.45) is 5.92 Å². The van der Waals surface area contributed by atoms with Crippen molar-refractivity contribution in [3.8, 4) is 0 Å². The molecule has 6 heteroatoms. The van der Waals surface area contributed by atoms with Gasteiger partial charge in [0.25, 0.3) is 0 Å². The second-order valence-electron chi connectivity index (χ2n) is 4.45. The Morgan fingerprint density at radius 3 is 2.82 bits per heavy atom. The predicted molar refractivity (Wildman–Crippen MR) is 66.4 cm³/mol. The summed E-state index contributed by atoms with van der Waals surface area (Å²) >= 11 is 5.69. The van der Waals surface area contributed by atoms with Crippen LogP contribution in [0.2, 0.25) is 5.15 Å². The third-order valence-corrected chi connectivity index (χ3v) is 4.87. The molecule has 1 aromatic rings. The monoisotopic (exact) mass is 274 g/mol. The number of nitrogens with one attached hydrogen (secondary N) is 1. The van der Waals surface area contributed by atoms with Gasteiger partial charge in [-0.15, -0.1) is 0 Å². The molecule has 1 fully saturated rings. The molecule has 0 spiro atoms. The number of nitrogens with zero attached hydrogens (tertiary/aromatic N) is 1. The molecule has 1 aromatic heterocycles.